The number of likely N-dealkylation sites (tertiary alicyclic amines) is 1. The standard InChI is InChI=1S/C23H40N6O/c1-20-6-10-28(16-21(20)29-11-9-25-19-29)22(24-2)26-17-23(7-4-3-5-8-23)18-27-12-14-30-15-13-27/h9,11,19-21H,3-8,10,12-18H2,1-2H3,(H,24,26). The molecular weight excluding hydrogens is 376 g/mol. The van der Waals surface area contributed by atoms with Crippen LogP contribution in [0.25, 0.3) is 0 Å². The van der Waals surface area contributed by atoms with Crippen LogP contribution in [0.3, 0.4) is 0 Å². The van der Waals surface area contributed by atoms with Gasteiger partial charge in [-0.25, -0.2) is 4.98 Å². The third-order valence-electron chi connectivity index (χ3n) is 7.54. The van der Waals surface area contributed by atoms with Crippen LogP contribution in [0.4, 0.5) is 0 Å². The summed E-state index contributed by atoms with van der Waals surface area (Å²) in [4.78, 5) is 14.0. The number of rotatable bonds is 5. The van der Waals surface area contributed by atoms with Crippen molar-refractivity contribution in [1.29, 1.82) is 0 Å². The van der Waals surface area contributed by atoms with E-state index in [1.807, 2.05) is 19.6 Å². The Hall–Kier alpha value is -1.60. The molecule has 7 nitrogen and oxygen atoms in total. The highest BCUT2D eigenvalue weighted by Crippen LogP contribution is 2.37. The van der Waals surface area contributed by atoms with Gasteiger partial charge in [0.15, 0.2) is 5.96 Å². The molecule has 3 heterocycles. The van der Waals surface area contributed by atoms with Crippen LogP contribution >= 0.6 is 0 Å². The third kappa shape index (κ3) is 5.17. The molecule has 7 heteroatoms. The van der Waals surface area contributed by atoms with Crippen molar-refractivity contribution in [2.24, 2.45) is 16.3 Å². The van der Waals surface area contributed by atoms with Gasteiger partial charge in [0, 0.05) is 64.1 Å². The molecule has 2 aliphatic heterocycles. The molecular formula is C23H40N6O. The number of aromatic nitrogens is 2. The van der Waals surface area contributed by atoms with Crippen molar-refractivity contribution in [3.8, 4) is 0 Å². The Balaban J connectivity index is 1.39. The predicted octanol–water partition coefficient (Wildman–Crippen LogP) is 2.62. The third-order valence-corrected chi connectivity index (χ3v) is 7.54. The normalized spacial score (nSPS) is 28.5. The summed E-state index contributed by atoms with van der Waals surface area (Å²) in [6.45, 7) is 10.6. The smallest absolute Gasteiger partial charge is 0.193 e. The maximum atomic E-state index is 5.58. The largest absolute Gasteiger partial charge is 0.379 e. The number of ether oxygens (including phenoxy) is 1. The molecule has 1 N–H and O–H groups in total. The molecule has 2 saturated heterocycles. The summed E-state index contributed by atoms with van der Waals surface area (Å²) < 4.78 is 7.85. The Kier molecular flexibility index (Phi) is 7.31. The maximum Gasteiger partial charge on any atom is 0.193 e. The summed E-state index contributed by atoms with van der Waals surface area (Å²) in [5.74, 6) is 1.72. The fourth-order valence-electron chi connectivity index (χ4n) is 5.62. The number of imidazole rings is 1. The highest BCUT2D eigenvalue weighted by molar-refractivity contribution is 5.80. The molecule has 3 fully saturated rings. The van der Waals surface area contributed by atoms with E-state index >= 15 is 0 Å². The first kappa shape index (κ1) is 21.6. The quantitative estimate of drug-likeness (QED) is 0.591. The van der Waals surface area contributed by atoms with Crippen LogP contribution in [-0.4, -0.2) is 84.8 Å². The Bertz CT molecular complexity index is 663. The molecule has 0 aromatic carbocycles. The van der Waals surface area contributed by atoms with E-state index in [-0.39, 0.29) is 0 Å². The van der Waals surface area contributed by atoms with E-state index in [1.165, 1.54) is 45.1 Å². The molecule has 2 atom stereocenters. The van der Waals surface area contributed by atoms with Gasteiger partial charge in [-0.3, -0.25) is 9.89 Å². The number of piperidine rings is 1. The molecule has 0 spiro atoms. The van der Waals surface area contributed by atoms with Gasteiger partial charge in [-0.15, -0.1) is 0 Å². The minimum Gasteiger partial charge on any atom is -0.379 e. The van der Waals surface area contributed by atoms with Crippen molar-refractivity contribution in [1.82, 2.24) is 24.7 Å². The second kappa shape index (κ2) is 10.1. The molecule has 0 radical (unpaired) electrons. The average molecular weight is 417 g/mol. The van der Waals surface area contributed by atoms with Crippen LogP contribution in [0.1, 0.15) is 51.5 Å². The first-order valence-corrected chi connectivity index (χ1v) is 11.9. The highest BCUT2D eigenvalue weighted by Gasteiger charge is 2.35. The van der Waals surface area contributed by atoms with E-state index in [4.69, 9.17) is 4.74 Å². The maximum absolute atomic E-state index is 5.58. The molecule has 2 unspecified atom stereocenters. The average Bonchev–Trinajstić information content (AvgIpc) is 3.31. The molecule has 3 aliphatic rings. The van der Waals surface area contributed by atoms with E-state index in [0.29, 0.717) is 17.4 Å². The zero-order valence-corrected chi connectivity index (χ0v) is 18.9. The van der Waals surface area contributed by atoms with Crippen molar-refractivity contribution < 1.29 is 4.74 Å². The summed E-state index contributed by atoms with van der Waals surface area (Å²) in [6, 6.07) is 0.455. The lowest BCUT2D eigenvalue weighted by Gasteiger charge is -2.44. The van der Waals surface area contributed by atoms with E-state index in [0.717, 1.165) is 51.9 Å². The number of hydrogen-bond acceptors (Lipinski definition) is 4. The van der Waals surface area contributed by atoms with Gasteiger partial charge in [0.25, 0.3) is 0 Å². The van der Waals surface area contributed by atoms with Gasteiger partial charge < -0.3 is 19.5 Å². The van der Waals surface area contributed by atoms with Crippen molar-refractivity contribution in [2.45, 2.75) is 51.5 Å². The highest BCUT2D eigenvalue weighted by atomic mass is 16.5. The summed E-state index contributed by atoms with van der Waals surface area (Å²) in [5.41, 5.74) is 0.359. The van der Waals surface area contributed by atoms with Gasteiger partial charge in [-0.05, 0) is 25.2 Å². The van der Waals surface area contributed by atoms with Crippen LogP contribution in [0.15, 0.2) is 23.7 Å². The fourth-order valence-corrected chi connectivity index (χ4v) is 5.62. The number of aliphatic imine (C=N–C) groups is 1. The Labute approximate surface area is 181 Å². The lowest BCUT2D eigenvalue weighted by Crippen LogP contribution is -2.53. The van der Waals surface area contributed by atoms with Crippen LogP contribution in [0, 0.1) is 11.3 Å². The van der Waals surface area contributed by atoms with Crippen LogP contribution in [-0.2, 0) is 4.74 Å². The zero-order valence-electron chi connectivity index (χ0n) is 18.9. The van der Waals surface area contributed by atoms with Gasteiger partial charge in [0.1, 0.15) is 0 Å². The molecule has 168 valence electrons. The van der Waals surface area contributed by atoms with Crippen molar-refractivity contribution in [2.75, 3.05) is 59.5 Å². The molecule has 1 saturated carbocycles. The minimum atomic E-state index is 0.359. The number of nitrogens with one attached hydrogen (secondary N) is 1. The number of guanidine groups is 1. The van der Waals surface area contributed by atoms with Crippen LogP contribution in [0.2, 0.25) is 0 Å². The van der Waals surface area contributed by atoms with Gasteiger partial charge in [0.05, 0.1) is 25.6 Å². The summed E-state index contributed by atoms with van der Waals surface area (Å²) in [6.07, 6.45) is 13.9. The number of nitrogens with zero attached hydrogens (tertiary/aromatic N) is 5. The molecule has 4 rings (SSSR count). The van der Waals surface area contributed by atoms with Crippen molar-refractivity contribution in [3.05, 3.63) is 18.7 Å². The lowest BCUT2D eigenvalue weighted by molar-refractivity contribution is 0.00801. The second-order valence-corrected chi connectivity index (χ2v) is 9.64. The number of hydrogen-bond donors (Lipinski definition) is 1. The molecule has 1 aromatic heterocycles. The van der Waals surface area contributed by atoms with Crippen LogP contribution in [0.5, 0.6) is 0 Å². The first-order valence-electron chi connectivity index (χ1n) is 11.9. The van der Waals surface area contributed by atoms with Gasteiger partial charge in [-0.1, -0.05) is 26.2 Å². The molecule has 0 amide bonds. The minimum absolute atomic E-state index is 0.359. The van der Waals surface area contributed by atoms with E-state index in [9.17, 15) is 0 Å². The van der Waals surface area contributed by atoms with Gasteiger partial charge >= 0.3 is 0 Å². The topological polar surface area (TPSA) is 57.9 Å². The Morgan fingerprint density at radius 1 is 1.20 bits per heavy atom. The number of morpholine rings is 1. The van der Waals surface area contributed by atoms with Crippen molar-refractivity contribution in [3.63, 3.8) is 0 Å². The molecule has 1 aromatic rings. The second-order valence-electron chi connectivity index (χ2n) is 9.64. The van der Waals surface area contributed by atoms with Gasteiger partial charge in [-0.2, -0.15) is 0 Å². The molecule has 30 heavy (non-hydrogen) atoms. The Morgan fingerprint density at radius 3 is 2.70 bits per heavy atom. The molecule has 1 aliphatic carbocycles. The van der Waals surface area contributed by atoms with Gasteiger partial charge in [0.2, 0.25) is 0 Å². The summed E-state index contributed by atoms with van der Waals surface area (Å²) in [7, 11) is 1.93. The summed E-state index contributed by atoms with van der Waals surface area (Å²) in [5, 5.41) is 3.81. The monoisotopic (exact) mass is 416 g/mol. The van der Waals surface area contributed by atoms with E-state index in [2.05, 4.69) is 42.8 Å². The van der Waals surface area contributed by atoms with Crippen molar-refractivity contribution >= 4 is 5.96 Å². The SMILES string of the molecule is CN=C(NCC1(CN2CCOCC2)CCCCC1)N1CCC(C)C(n2ccnc2)C1. The zero-order chi connectivity index (χ0) is 20.8. The Morgan fingerprint density at radius 2 is 2.00 bits per heavy atom. The fraction of sp³-hybridized carbons (Fsp3) is 0.826. The van der Waals surface area contributed by atoms with Crippen LogP contribution < -0.4 is 5.32 Å². The van der Waals surface area contributed by atoms with E-state index < -0.39 is 0 Å². The summed E-state index contributed by atoms with van der Waals surface area (Å²) >= 11 is 0. The van der Waals surface area contributed by atoms with E-state index in [1.54, 1.807) is 0 Å². The molecule has 0 bridgehead atoms. The predicted molar refractivity (Wildman–Crippen MR) is 121 cm³/mol. The first-order chi connectivity index (χ1) is 14.7. The lowest BCUT2D eigenvalue weighted by atomic mass is 9.73.